The van der Waals surface area contributed by atoms with Gasteiger partial charge in [0.2, 0.25) is 17.6 Å². The summed E-state index contributed by atoms with van der Waals surface area (Å²) in [6.45, 7) is 1.92. The van der Waals surface area contributed by atoms with Crippen molar-refractivity contribution in [3.8, 4) is 17.1 Å². The number of aromatic nitrogens is 3. The lowest BCUT2D eigenvalue weighted by Crippen LogP contribution is -2.13. The van der Waals surface area contributed by atoms with Gasteiger partial charge < -0.3 is 14.6 Å². The van der Waals surface area contributed by atoms with Gasteiger partial charge in [-0.2, -0.15) is 4.98 Å². The standard InChI is InChI=1S/C22H20N4O3/c1-14-10-11-15-6-5-8-17(21(15)23-14)24-19(27)12-13-20-25-22(26-29-20)16-7-3-4-9-18(16)28-2/h3-11H,12-13H2,1-2H3,(H,24,27). The Kier molecular flexibility index (Phi) is 5.20. The monoisotopic (exact) mass is 388 g/mol. The highest BCUT2D eigenvalue weighted by atomic mass is 16.5. The van der Waals surface area contributed by atoms with Crippen molar-refractivity contribution in [1.29, 1.82) is 0 Å². The number of methoxy groups -OCH3 is 1. The maximum Gasteiger partial charge on any atom is 0.227 e. The molecular weight excluding hydrogens is 368 g/mol. The molecule has 0 aliphatic heterocycles. The predicted molar refractivity (Wildman–Crippen MR) is 110 cm³/mol. The van der Waals surface area contributed by atoms with Crippen LogP contribution in [0.3, 0.4) is 0 Å². The van der Waals surface area contributed by atoms with Gasteiger partial charge in [-0.25, -0.2) is 0 Å². The van der Waals surface area contributed by atoms with E-state index in [-0.39, 0.29) is 12.3 Å². The number of nitrogens with zero attached hydrogens (tertiary/aromatic N) is 3. The molecule has 0 spiro atoms. The minimum atomic E-state index is -0.141. The smallest absolute Gasteiger partial charge is 0.227 e. The zero-order valence-electron chi connectivity index (χ0n) is 16.2. The van der Waals surface area contributed by atoms with E-state index in [0.29, 0.717) is 29.6 Å². The van der Waals surface area contributed by atoms with Gasteiger partial charge in [0.25, 0.3) is 0 Å². The van der Waals surface area contributed by atoms with Crippen molar-refractivity contribution in [2.75, 3.05) is 12.4 Å². The van der Waals surface area contributed by atoms with Crippen LogP contribution in [0.4, 0.5) is 5.69 Å². The number of para-hydroxylation sites is 2. The minimum Gasteiger partial charge on any atom is -0.496 e. The molecule has 0 unspecified atom stereocenters. The van der Waals surface area contributed by atoms with E-state index in [1.54, 1.807) is 7.11 Å². The maximum atomic E-state index is 12.4. The molecular formula is C22H20N4O3. The molecule has 1 N–H and O–H groups in total. The molecule has 0 aliphatic carbocycles. The highest BCUT2D eigenvalue weighted by Crippen LogP contribution is 2.27. The first-order valence-corrected chi connectivity index (χ1v) is 9.26. The molecule has 1 amide bonds. The zero-order valence-corrected chi connectivity index (χ0v) is 16.2. The van der Waals surface area contributed by atoms with Gasteiger partial charge in [-0.1, -0.05) is 35.5 Å². The number of aryl methyl sites for hydroxylation is 2. The van der Waals surface area contributed by atoms with Gasteiger partial charge >= 0.3 is 0 Å². The van der Waals surface area contributed by atoms with Crippen LogP contribution in [-0.4, -0.2) is 28.1 Å². The third-order valence-electron chi connectivity index (χ3n) is 4.52. The number of amides is 1. The van der Waals surface area contributed by atoms with Gasteiger partial charge in [-0.3, -0.25) is 9.78 Å². The summed E-state index contributed by atoms with van der Waals surface area (Å²) in [7, 11) is 1.59. The van der Waals surface area contributed by atoms with E-state index in [2.05, 4.69) is 20.4 Å². The summed E-state index contributed by atoms with van der Waals surface area (Å²) in [5.41, 5.74) is 3.11. The second-order valence-corrected chi connectivity index (χ2v) is 6.59. The van der Waals surface area contributed by atoms with Crippen LogP contribution in [0, 0.1) is 6.92 Å². The zero-order chi connectivity index (χ0) is 20.2. The van der Waals surface area contributed by atoms with Gasteiger partial charge in [-0.05, 0) is 31.2 Å². The summed E-state index contributed by atoms with van der Waals surface area (Å²) >= 11 is 0. The first kappa shape index (κ1) is 18.6. The summed E-state index contributed by atoms with van der Waals surface area (Å²) in [6, 6.07) is 17.1. The second kappa shape index (κ2) is 8.10. The molecule has 0 fully saturated rings. The van der Waals surface area contributed by atoms with Crippen molar-refractivity contribution >= 4 is 22.5 Å². The van der Waals surface area contributed by atoms with Crippen molar-refractivity contribution in [2.24, 2.45) is 0 Å². The number of fused-ring (bicyclic) bond motifs is 1. The van der Waals surface area contributed by atoms with Gasteiger partial charge in [0, 0.05) is 23.9 Å². The first-order valence-electron chi connectivity index (χ1n) is 9.26. The number of hydrogen-bond donors (Lipinski definition) is 1. The molecule has 2 aromatic carbocycles. The molecule has 2 heterocycles. The molecule has 0 saturated heterocycles. The van der Waals surface area contributed by atoms with E-state index in [1.165, 1.54) is 0 Å². The first-order chi connectivity index (χ1) is 14.1. The van der Waals surface area contributed by atoms with Crippen molar-refractivity contribution < 1.29 is 14.1 Å². The Hall–Kier alpha value is -3.74. The van der Waals surface area contributed by atoms with E-state index in [1.807, 2.05) is 61.5 Å². The third kappa shape index (κ3) is 4.08. The fourth-order valence-corrected chi connectivity index (χ4v) is 3.07. The van der Waals surface area contributed by atoms with E-state index in [4.69, 9.17) is 9.26 Å². The van der Waals surface area contributed by atoms with Crippen molar-refractivity contribution in [3.63, 3.8) is 0 Å². The molecule has 4 rings (SSSR count). The fourth-order valence-electron chi connectivity index (χ4n) is 3.07. The fraction of sp³-hybridized carbons (Fsp3) is 0.182. The number of anilines is 1. The quantitative estimate of drug-likeness (QED) is 0.533. The molecule has 2 aromatic heterocycles. The predicted octanol–water partition coefficient (Wildman–Crippen LogP) is 4.17. The topological polar surface area (TPSA) is 90.1 Å². The number of carbonyl (C=O) groups is 1. The maximum absolute atomic E-state index is 12.4. The molecule has 0 saturated carbocycles. The van der Waals surface area contributed by atoms with Crippen LogP contribution >= 0.6 is 0 Å². The summed E-state index contributed by atoms with van der Waals surface area (Å²) in [6.07, 6.45) is 0.557. The Balaban J connectivity index is 1.43. The number of rotatable bonds is 6. The van der Waals surface area contributed by atoms with Crippen LogP contribution in [0.5, 0.6) is 5.75 Å². The normalized spacial score (nSPS) is 10.8. The molecule has 7 nitrogen and oxygen atoms in total. The number of hydrogen-bond acceptors (Lipinski definition) is 6. The Morgan fingerprint density at radius 2 is 1.93 bits per heavy atom. The average molecular weight is 388 g/mol. The van der Waals surface area contributed by atoms with E-state index >= 15 is 0 Å². The summed E-state index contributed by atoms with van der Waals surface area (Å²) in [5.74, 6) is 1.36. The molecule has 0 bridgehead atoms. The lowest BCUT2D eigenvalue weighted by atomic mass is 10.1. The van der Waals surface area contributed by atoms with Gasteiger partial charge in [0.05, 0.1) is 23.9 Å². The lowest BCUT2D eigenvalue weighted by Gasteiger charge is -2.08. The Morgan fingerprint density at radius 3 is 2.79 bits per heavy atom. The van der Waals surface area contributed by atoms with Crippen LogP contribution in [-0.2, 0) is 11.2 Å². The van der Waals surface area contributed by atoms with Crippen molar-refractivity contribution in [1.82, 2.24) is 15.1 Å². The van der Waals surface area contributed by atoms with Crippen molar-refractivity contribution in [2.45, 2.75) is 19.8 Å². The SMILES string of the molecule is COc1ccccc1-c1noc(CCC(=O)Nc2cccc3ccc(C)nc23)n1. The van der Waals surface area contributed by atoms with Crippen LogP contribution < -0.4 is 10.1 Å². The van der Waals surface area contributed by atoms with Crippen LogP contribution in [0.25, 0.3) is 22.3 Å². The molecule has 4 aromatic rings. The van der Waals surface area contributed by atoms with Gasteiger partial charge in [-0.15, -0.1) is 0 Å². The van der Waals surface area contributed by atoms with Gasteiger partial charge in [0.15, 0.2) is 0 Å². The largest absolute Gasteiger partial charge is 0.496 e. The number of nitrogens with one attached hydrogen (secondary N) is 1. The summed E-state index contributed by atoms with van der Waals surface area (Å²) < 4.78 is 10.6. The minimum absolute atomic E-state index is 0.141. The second-order valence-electron chi connectivity index (χ2n) is 6.59. The third-order valence-corrected chi connectivity index (χ3v) is 4.52. The molecule has 146 valence electrons. The van der Waals surface area contributed by atoms with Crippen LogP contribution in [0.2, 0.25) is 0 Å². The van der Waals surface area contributed by atoms with E-state index < -0.39 is 0 Å². The molecule has 0 atom stereocenters. The molecule has 0 aliphatic rings. The Labute approximate surface area is 167 Å². The number of carbonyl (C=O) groups excluding carboxylic acids is 1. The summed E-state index contributed by atoms with van der Waals surface area (Å²) in [4.78, 5) is 21.4. The lowest BCUT2D eigenvalue weighted by molar-refractivity contribution is -0.116. The van der Waals surface area contributed by atoms with E-state index in [0.717, 1.165) is 22.2 Å². The van der Waals surface area contributed by atoms with E-state index in [9.17, 15) is 4.79 Å². The average Bonchev–Trinajstić information content (AvgIpc) is 3.21. The number of benzene rings is 2. The van der Waals surface area contributed by atoms with Crippen LogP contribution in [0.1, 0.15) is 18.0 Å². The highest BCUT2D eigenvalue weighted by molar-refractivity contribution is 6.00. The molecule has 0 radical (unpaired) electrons. The number of ether oxygens (including phenoxy) is 1. The molecule has 7 heteroatoms. The Morgan fingerprint density at radius 1 is 1.07 bits per heavy atom. The Bertz CT molecular complexity index is 1170. The molecule has 29 heavy (non-hydrogen) atoms. The highest BCUT2D eigenvalue weighted by Gasteiger charge is 2.14. The summed E-state index contributed by atoms with van der Waals surface area (Å²) in [5, 5.41) is 7.91. The van der Waals surface area contributed by atoms with Crippen LogP contribution in [0.15, 0.2) is 59.1 Å². The van der Waals surface area contributed by atoms with Crippen molar-refractivity contribution in [3.05, 3.63) is 66.2 Å². The number of pyridine rings is 1. The van der Waals surface area contributed by atoms with Gasteiger partial charge in [0.1, 0.15) is 5.75 Å².